The van der Waals surface area contributed by atoms with Gasteiger partial charge in [-0.1, -0.05) is 0 Å². The predicted octanol–water partition coefficient (Wildman–Crippen LogP) is 1.35. The van der Waals surface area contributed by atoms with Crippen LogP contribution < -0.4 is 10.1 Å². The van der Waals surface area contributed by atoms with Crippen LogP contribution in [-0.4, -0.2) is 65.5 Å². The van der Waals surface area contributed by atoms with Crippen LogP contribution >= 0.6 is 0 Å². The normalized spacial score (nSPS) is 31.8. The monoisotopic (exact) mass is 337 g/mol. The van der Waals surface area contributed by atoms with Crippen LogP contribution in [0.5, 0.6) is 5.88 Å². The van der Waals surface area contributed by atoms with Crippen LogP contribution in [0.15, 0.2) is 6.20 Å². The maximum absolute atomic E-state index is 14.2. The van der Waals surface area contributed by atoms with Crippen molar-refractivity contribution >= 4 is 11.7 Å². The number of anilines is 1. The van der Waals surface area contributed by atoms with Gasteiger partial charge >= 0.3 is 5.97 Å². The molecule has 0 unspecified atom stereocenters. The van der Waals surface area contributed by atoms with Gasteiger partial charge in [-0.3, -0.25) is 4.90 Å². The SMILES string of the molecule is COc1ncc(F)c(NC23CC(N4CCOCC4)(C2)C3)c1C(=O)O. The van der Waals surface area contributed by atoms with E-state index in [4.69, 9.17) is 9.47 Å². The van der Waals surface area contributed by atoms with Crippen molar-refractivity contribution in [2.24, 2.45) is 0 Å². The number of aromatic carboxylic acids is 1. The van der Waals surface area contributed by atoms with E-state index in [1.165, 1.54) is 7.11 Å². The van der Waals surface area contributed by atoms with Gasteiger partial charge in [0.15, 0.2) is 5.82 Å². The van der Waals surface area contributed by atoms with E-state index in [-0.39, 0.29) is 28.2 Å². The van der Waals surface area contributed by atoms with Crippen molar-refractivity contribution < 1.29 is 23.8 Å². The number of carbonyl (C=O) groups is 1. The van der Waals surface area contributed by atoms with Crippen molar-refractivity contribution in [2.45, 2.75) is 30.3 Å². The Kier molecular flexibility index (Phi) is 3.43. The van der Waals surface area contributed by atoms with Gasteiger partial charge in [0.25, 0.3) is 0 Å². The number of hydrogen-bond acceptors (Lipinski definition) is 6. The lowest BCUT2D eigenvalue weighted by molar-refractivity contribution is -0.172. The number of hydrogen-bond donors (Lipinski definition) is 2. The molecule has 0 aromatic carbocycles. The Labute approximate surface area is 138 Å². The largest absolute Gasteiger partial charge is 0.480 e. The highest BCUT2D eigenvalue weighted by Crippen LogP contribution is 2.65. The molecular weight excluding hydrogens is 317 g/mol. The fraction of sp³-hybridized carbons (Fsp3) is 0.625. The molecule has 0 atom stereocenters. The van der Waals surface area contributed by atoms with Gasteiger partial charge in [0, 0.05) is 24.2 Å². The highest BCUT2D eigenvalue weighted by molar-refractivity contribution is 5.97. The van der Waals surface area contributed by atoms with Crippen LogP contribution in [-0.2, 0) is 4.74 Å². The van der Waals surface area contributed by atoms with Crippen molar-refractivity contribution in [3.63, 3.8) is 0 Å². The molecule has 24 heavy (non-hydrogen) atoms. The Hall–Kier alpha value is -1.93. The number of nitrogens with zero attached hydrogens (tertiary/aromatic N) is 2. The van der Waals surface area contributed by atoms with E-state index >= 15 is 0 Å². The first kappa shape index (κ1) is 15.6. The quantitative estimate of drug-likeness (QED) is 0.839. The van der Waals surface area contributed by atoms with E-state index in [1.807, 2.05) is 0 Å². The fourth-order valence-corrected chi connectivity index (χ4v) is 4.45. The van der Waals surface area contributed by atoms with Gasteiger partial charge in [-0.15, -0.1) is 0 Å². The number of carboxylic acids is 1. The molecule has 2 N–H and O–H groups in total. The van der Waals surface area contributed by atoms with Gasteiger partial charge in [-0.2, -0.15) is 0 Å². The van der Waals surface area contributed by atoms with Crippen molar-refractivity contribution in [3.05, 3.63) is 17.6 Å². The number of halogens is 1. The zero-order valence-electron chi connectivity index (χ0n) is 13.5. The Morgan fingerprint density at radius 1 is 1.42 bits per heavy atom. The molecule has 0 amide bonds. The summed E-state index contributed by atoms with van der Waals surface area (Å²) < 4.78 is 24.6. The molecule has 4 fully saturated rings. The maximum atomic E-state index is 14.2. The first-order valence-electron chi connectivity index (χ1n) is 8.05. The molecule has 7 nitrogen and oxygen atoms in total. The van der Waals surface area contributed by atoms with Gasteiger partial charge in [0.2, 0.25) is 5.88 Å². The van der Waals surface area contributed by atoms with Crippen molar-refractivity contribution in [3.8, 4) is 5.88 Å². The second-order valence-corrected chi connectivity index (χ2v) is 6.93. The second kappa shape index (κ2) is 5.29. The topological polar surface area (TPSA) is 83.9 Å². The molecule has 8 heteroatoms. The number of nitrogens with one attached hydrogen (secondary N) is 1. The molecule has 2 bridgehead atoms. The first-order valence-corrected chi connectivity index (χ1v) is 8.05. The second-order valence-electron chi connectivity index (χ2n) is 6.93. The molecule has 0 spiro atoms. The minimum Gasteiger partial charge on any atom is -0.480 e. The minimum atomic E-state index is -1.25. The van der Waals surface area contributed by atoms with Gasteiger partial charge in [0.1, 0.15) is 5.56 Å². The molecule has 3 saturated carbocycles. The van der Waals surface area contributed by atoms with E-state index in [0.717, 1.165) is 51.8 Å². The van der Waals surface area contributed by atoms with Crippen LogP contribution in [0.25, 0.3) is 0 Å². The lowest BCUT2D eigenvalue weighted by Gasteiger charge is -2.74. The lowest BCUT2D eigenvalue weighted by atomic mass is 9.43. The number of morpholine rings is 1. The third kappa shape index (κ3) is 2.16. The molecular formula is C16H20FN3O4. The van der Waals surface area contributed by atoms with E-state index in [2.05, 4.69) is 15.2 Å². The third-order valence-electron chi connectivity index (χ3n) is 5.48. The Morgan fingerprint density at radius 2 is 2.08 bits per heavy atom. The predicted molar refractivity (Wildman–Crippen MR) is 83.0 cm³/mol. The molecule has 2 heterocycles. The third-order valence-corrected chi connectivity index (χ3v) is 5.48. The molecule has 5 rings (SSSR count). The molecule has 1 aromatic heterocycles. The van der Waals surface area contributed by atoms with Crippen LogP contribution in [0.4, 0.5) is 10.1 Å². The Bertz CT molecular complexity index is 670. The smallest absolute Gasteiger partial charge is 0.343 e. The molecule has 4 aliphatic rings. The Balaban J connectivity index is 1.53. The van der Waals surface area contributed by atoms with E-state index in [1.54, 1.807) is 0 Å². The van der Waals surface area contributed by atoms with Crippen LogP contribution in [0.2, 0.25) is 0 Å². The highest BCUT2D eigenvalue weighted by Gasteiger charge is 2.70. The molecule has 130 valence electrons. The zero-order valence-corrected chi connectivity index (χ0v) is 13.5. The van der Waals surface area contributed by atoms with Crippen molar-refractivity contribution in [1.29, 1.82) is 0 Å². The average Bonchev–Trinajstić information content (AvgIpc) is 2.51. The summed E-state index contributed by atoms with van der Waals surface area (Å²) in [6.07, 6.45) is 3.67. The molecule has 1 aromatic rings. The summed E-state index contributed by atoms with van der Waals surface area (Å²) >= 11 is 0. The van der Waals surface area contributed by atoms with Gasteiger partial charge in [-0.05, 0) is 19.3 Å². The maximum Gasteiger partial charge on any atom is 0.343 e. The van der Waals surface area contributed by atoms with Crippen molar-refractivity contribution in [2.75, 3.05) is 38.7 Å². The van der Waals surface area contributed by atoms with Crippen LogP contribution in [0, 0.1) is 5.82 Å². The standard InChI is InChI=1S/C16H20FN3O4/c1-23-13-11(14(21)22)12(10(17)6-18-13)19-15-7-16(8-15,9-15)20-2-4-24-5-3-20/h6H,2-5,7-9H2,1H3,(H,18,19)(H,21,22). The summed E-state index contributed by atoms with van der Waals surface area (Å²) in [5, 5.41) is 12.6. The summed E-state index contributed by atoms with van der Waals surface area (Å²) in [6.45, 7) is 3.35. The lowest BCUT2D eigenvalue weighted by Crippen LogP contribution is -2.82. The van der Waals surface area contributed by atoms with Crippen LogP contribution in [0.3, 0.4) is 0 Å². The summed E-state index contributed by atoms with van der Waals surface area (Å²) in [4.78, 5) is 17.7. The van der Waals surface area contributed by atoms with Crippen LogP contribution in [0.1, 0.15) is 29.6 Å². The number of aromatic nitrogens is 1. The Morgan fingerprint density at radius 3 is 2.67 bits per heavy atom. The van der Waals surface area contributed by atoms with Gasteiger partial charge in [-0.25, -0.2) is 14.2 Å². The minimum absolute atomic E-state index is 0.0235. The number of methoxy groups -OCH3 is 1. The van der Waals surface area contributed by atoms with Gasteiger partial charge < -0.3 is 19.9 Å². The number of carboxylic acid groups (broad SMARTS) is 1. The van der Waals surface area contributed by atoms with E-state index < -0.39 is 11.8 Å². The molecule has 1 saturated heterocycles. The molecule has 3 aliphatic carbocycles. The van der Waals surface area contributed by atoms with Gasteiger partial charge in [0.05, 0.1) is 32.2 Å². The number of rotatable bonds is 5. The summed E-state index contributed by atoms with van der Waals surface area (Å²) in [7, 11) is 1.32. The zero-order chi connectivity index (χ0) is 16.9. The molecule has 1 aliphatic heterocycles. The summed E-state index contributed by atoms with van der Waals surface area (Å²) in [6, 6.07) is 0. The fourth-order valence-electron chi connectivity index (χ4n) is 4.45. The van der Waals surface area contributed by atoms with E-state index in [9.17, 15) is 14.3 Å². The summed E-state index contributed by atoms with van der Waals surface area (Å²) in [5.41, 5.74) is -0.323. The highest BCUT2D eigenvalue weighted by atomic mass is 19.1. The number of pyridine rings is 1. The number of ether oxygens (including phenoxy) is 2. The van der Waals surface area contributed by atoms with E-state index in [0.29, 0.717) is 0 Å². The molecule has 0 radical (unpaired) electrons. The average molecular weight is 337 g/mol. The van der Waals surface area contributed by atoms with Crippen molar-refractivity contribution in [1.82, 2.24) is 9.88 Å². The first-order chi connectivity index (χ1) is 11.5. The summed E-state index contributed by atoms with van der Waals surface area (Å²) in [5.74, 6) is -2.00.